The van der Waals surface area contributed by atoms with Crippen LogP contribution in [-0.4, -0.2) is 34.9 Å². The van der Waals surface area contributed by atoms with E-state index in [0.717, 1.165) is 25.3 Å². The fraction of sp³-hybridized carbons (Fsp3) is 0.400. The number of nitrogens with one attached hydrogen (secondary N) is 1. The largest absolute Gasteiger partial charge is 0.480 e. The topological polar surface area (TPSA) is 69.6 Å². The molecule has 2 aromatic carbocycles. The highest BCUT2D eigenvalue weighted by Crippen LogP contribution is 2.55. The number of benzene rings is 2. The average Bonchev–Trinajstić information content (AvgIpc) is 3.07. The van der Waals surface area contributed by atoms with E-state index in [-0.39, 0.29) is 27.8 Å². The molecule has 1 heterocycles. The second-order valence-electron chi connectivity index (χ2n) is 9.01. The lowest BCUT2D eigenvalue weighted by atomic mass is 9.58. The fourth-order valence-electron chi connectivity index (χ4n) is 5.53. The first kappa shape index (κ1) is 24.0. The lowest BCUT2D eigenvalue weighted by Crippen LogP contribution is -2.48. The van der Waals surface area contributed by atoms with Gasteiger partial charge < -0.3 is 10.2 Å². The van der Waals surface area contributed by atoms with E-state index in [4.69, 9.17) is 29.6 Å². The molecule has 1 aliphatic heterocycles. The van der Waals surface area contributed by atoms with Crippen LogP contribution in [0.4, 0.5) is 8.78 Å². The number of carboxylic acid groups (broad SMARTS) is 1. The molecule has 1 aliphatic carbocycles. The summed E-state index contributed by atoms with van der Waals surface area (Å²) >= 11 is 12.0. The predicted molar refractivity (Wildman–Crippen MR) is 122 cm³/mol. The zero-order valence-electron chi connectivity index (χ0n) is 17.6. The van der Waals surface area contributed by atoms with Crippen LogP contribution in [0.15, 0.2) is 36.4 Å². The molecule has 0 spiro atoms. The first-order valence-corrected chi connectivity index (χ1v) is 11.4. The SMILES string of the molecule is C#C[C@]1(c2ccc(Cl)cc2F)[C@H](CC2(CO)CCC2)N[C@@H](C(=O)O)[C@@H]1c1cccc(Cl)c1F. The highest BCUT2D eigenvalue weighted by Gasteiger charge is 2.61. The number of terminal acetylenes is 1. The normalized spacial score (nSPS) is 28.2. The van der Waals surface area contributed by atoms with Crippen LogP contribution in [0.2, 0.25) is 10.0 Å². The second-order valence-corrected chi connectivity index (χ2v) is 9.85. The van der Waals surface area contributed by atoms with Gasteiger partial charge in [-0.1, -0.05) is 53.7 Å². The molecule has 1 saturated heterocycles. The Balaban J connectivity index is 1.99. The maximum atomic E-state index is 15.4. The summed E-state index contributed by atoms with van der Waals surface area (Å²) in [5.74, 6) is -1.25. The minimum absolute atomic E-state index is 0.0103. The van der Waals surface area contributed by atoms with Crippen molar-refractivity contribution < 1.29 is 23.8 Å². The van der Waals surface area contributed by atoms with E-state index in [2.05, 4.69) is 11.2 Å². The standard InChI is InChI=1S/C25H23Cl2F2NO3/c1-2-25(16-8-7-14(26)11-18(16)28)19(12-24(13-31)9-4-10-24)30-22(23(32)33)20(25)15-5-3-6-17(27)21(15)29/h1,3,5-8,11,19-20,22,30-31H,4,9-10,12-13H2,(H,32,33)/t19-,20-,22+,25-/m0/s1. The van der Waals surface area contributed by atoms with Crippen LogP contribution in [0.5, 0.6) is 0 Å². The summed E-state index contributed by atoms with van der Waals surface area (Å²) in [6.45, 7) is -0.108. The Morgan fingerprint density at radius 3 is 2.52 bits per heavy atom. The van der Waals surface area contributed by atoms with Gasteiger partial charge in [0.05, 0.1) is 10.4 Å². The number of aliphatic carboxylic acids is 1. The van der Waals surface area contributed by atoms with Crippen molar-refractivity contribution in [3.8, 4) is 12.3 Å². The minimum atomic E-state index is -1.58. The van der Waals surface area contributed by atoms with Crippen molar-refractivity contribution in [2.75, 3.05) is 6.61 Å². The van der Waals surface area contributed by atoms with Crippen LogP contribution in [0, 0.1) is 29.4 Å². The summed E-state index contributed by atoms with van der Waals surface area (Å²) in [5, 5.41) is 23.2. The Bertz CT molecular complexity index is 1130. The Morgan fingerprint density at radius 2 is 1.97 bits per heavy atom. The van der Waals surface area contributed by atoms with Crippen LogP contribution in [-0.2, 0) is 10.2 Å². The van der Waals surface area contributed by atoms with Crippen LogP contribution in [0.25, 0.3) is 0 Å². The van der Waals surface area contributed by atoms with Gasteiger partial charge in [0.15, 0.2) is 0 Å². The Kier molecular flexibility index (Phi) is 6.45. The quantitative estimate of drug-likeness (QED) is 0.500. The average molecular weight is 494 g/mol. The van der Waals surface area contributed by atoms with Crippen molar-refractivity contribution >= 4 is 29.2 Å². The fourth-order valence-corrected chi connectivity index (χ4v) is 5.87. The molecule has 0 aromatic heterocycles. The van der Waals surface area contributed by atoms with Crippen LogP contribution in [0.3, 0.4) is 0 Å². The third-order valence-electron chi connectivity index (χ3n) is 7.34. The summed E-state index contributed by atoms with van der Waals surface area (Å²) in [6.07, 6.45) is 8.79. The molecule has 0 bridgehead atoms. The van der Waals surface area contributed by atoms with Gasteiger partial charge in [0.1, 0.15) is 17.7 Å². The highest BCUT2D eigenvalue weighted by molar-refractivity contribution is 6.31. The molecule has 0 amide bonds. The Morgan fingerprint density at radius 1 is 1.24 bits per heavy atom. The van der Waals surface area contributed by atoms with Crippen LogP contribution >= 0.6 is 23.2 Å². The Hall–Kier alpha value is -2.17. The first-order chi connectivity index (χ1) is 15.7. The van der Waals surface area contributed by atoms with Gasteiger partial charge in [0, 0.05) is 29.2 Å². The van der Waals surface area contributed by atoms with Gasteiger partial charge in [-0.15, -0.1) is 6.42 Å². The summed E-state index contributed by atoms with van der Waals surface area (Å²) in [6, 6.07) is 6.23. The van der Waals surface area contributed by atoms with Crippen molar-refractivity contribution in [2.45, 2.75) is 49.1 Å². The van der Waals surface area contributed by atoms with Crippen molar-refractivity contribution in [1.82, 2.24) is 5.32 Å². The molecule has 174 valence electrons. The molecule has 2 aliphatic rings. The van der Waals surface area contributed by atoms with Crippen molar-refractivity contribution in [3.05, 3.63) is 69.2 Å². The molecule has 8 heteroatoms. The number of carbonyl (C=O) groups is 1. The monoisotopic (exact) mass is 493 g/mol. The maximum Gasteiger partial charge on any atom is 0.321 e. The molecule has 2 fully saturated rings. The van der Waals surface area contributed by atoms with Gasteiger partial charge in [-0.25, -0.2) is 8.78 Å². The third-order valence-corrected chi connectivity index (χ3v) is 7.87. The summed E-state index contributed by atoms with van der Waals surface area (Å²) in [7, 11) is 0. The molecule has 1 saturated carbocycles. The second kappa shape index (κ2) is 8.88. The maximum absolute atomic E-state index is 15.4. The number of hydrogen-bond acceptors (Lipinski definition) is 3. The van der Waals surface area contributed by atoms with Crippen molar-refractivity contribution in [3.63, 3.8) is 0 Å². The predicted octanol–water partition coefficient (Wildman–Crippen LogP) is 4.90. The molecular weight excluding hydrogens is 471 g/mol. The zero-order valence-corrected chi connectivity index (χ0v) is 19.1. The van der Waals surface area contributed by atoms with Gasteiger partial charge in [-0.3, -0.25) is 10.1 Å². The molecule has 33 heavy (non-hydrogen) atoms. The van der Waals surface area contributed by atoms with Gasteiger partial charge in [0.25, 0.3) is 0 Å². The summed E-state index contributed by atoms with van der Waals surface area (Å²) in [4.78, 5) is 12.4. The number of hydrogen-bond donors (Lipinski definition) is 3. The molecule has 0 unspecified atom stereocenters. The van der Waals surface area contributed by atoms with Crippen LogP contribution in [0.1, 0.15) is 42.7 Å². The number of halogens is 4. The lowest BCUT2D eigenvalue weighted by molar-refractivity contribution is -0.139. The molecule has 2 aromatic rings. The smallest absolute Gasteiger partial charge is 0.321 e. The van der Waals surface area contributed by atoms with Gasteiger partial charge in [0.2, 0.25) is 0 Å². The third kappa shape index (κ3) is 3.81. The van der Waals surface area contributed by atoms with Crippen molar-refractivity contribution in [2.24, 2.45) is 5.41 Å². The highest BCUT2D eigenvalue weighted by atomic mass is 35.5. The Labute approximate surface area is 200 Å². The zero-order chi connectivity index (χ0) is 24.0. The van der Waals surface area contributed by atoms with E-state index in [1.807, 2.05) is 0 Å². The molecule has 3 N–H and O–H groups in total. The van der Waals surface area contributed by atoms with E-state index in [0.29, 0.717) is 6.42 Å². The summed E-state index contributed by atoms with van der Waals surface area (Å²) in [5.41, 5.74) is -2.01. The first-order valence-electron chi connectivity index (χ1n) is 10.7. The van der Waals surface area contributed by atoms with Crippen LogP contribution < -0.4 is 5.32 Å². The number of aliphatic hydroxyl groups is 1. The van der Waals surface area contributed by atoms with E-state index >= 15 is 8.78 Å². The lowest BCUT2D eigenvalue weighted by Gasteiger charge is -2.46. The van der Waals surface area contributed by atoms with Gasteiger partial charge >= 0.3 is 5.97 Å². The number of rotatable bonds is 6. The number of aliphatic hydroxyl groups excluding tert-OH is 1. The number of carboxylic acids is 1. The molecule has 0 radical (unpaired) electrons. The summed E-state index contributed by atoms with van der Waals surface area (Å²) < 4.78 is 30.7. The van der Waals surface area contributed by atoms with E-state index in [9.17, 15) is 15.0 Å². The molecular formula is C25H23Cl2F2NO3. The van der Waals surface area contributed by atoms with Gasteiger partial charge in [-0.05, 0) is 48.4 Å². The minimum Gasteiger partial charge on any atom is -0.480 e. The van der Waals surface area contributed by atoms with E-state index in [1.54, 1.807) is 0 Å². The molecule has 4 nitrogen and oxygen atoms in total. The van der Waals surface area contributed by atoms with E-state index < -0.39 is 46.4 Å². The molecule has 4 rings (SSSR count). The molecule has 4 atom stereocenters. The van der Waals surface area contributed by atoms with Crippen molar-refractivity contribution in [1.29, 1.82) is 0 Å². The van der Waals surface area contributed by atoms with Gasteiger partial charge in [-0.2, -0.15) is 0 Å². The van der Waals surface area contributed by atoms with E-state index in [1.165, 1.54) is 30.3 Å².